The minimum atomic E-state index is -0.469. The van der Waals surface area contributed by atoms with Crippen LogP contribution in [0.1, 0.15) is 26.3 Å². The van der Waals surface area contributed by atoms with Gasteiger partial charge < -0.3 is 15.4 Å². The van der Waals surface area contributed by atoms with Gasteiger partial charge in [0.05, 0.1) is 18.2 Å². The van der Waals surface area contributed by atoms with Crippen molar-refractivity contribution in [2.24, 2.45) is 0 Å². The van der Waals surface area contributed by atoms with Crippen LogP contribution in [0.2, 0.25) is 0 Å². The van der Waals surface area contributed by atoms with Gasteiger partial charge in [-0.05, 0) is 23.8 Å². The molecule has 0 aliphatic heterocycles. The number of hydrogen-bond donors (Lipinski definition) is 2. The molecule has 0 atom stereocenters. The highest BCUT2D eigenvalue weighted by atomic mass is 16.5. The van der Waals surface area contributed by atoms with Crippen molar-refractivity contribution in [2.75, 3.05) is 17.7 Å². The topological polar surface area (TPSA) is 93.2 Å². The quantitative estimate of drug-likeness (QED) is 0.655. The van der Waals surface area contributed by atoms with E-state index in [4.69, 9.17) is 0 Å². The molecular weight excluding hydrogens is 344 g/mol. The molecule has 0 saturated carbocycles. The second-order valence-corrected chi connectivity index (χ2v) is 5.66. The van der Waals surface area contributed by atoms with Crippen molar-refractivity contribution < 1.29 is 14.3 Å². The molecule has 1 amide bonds. The van der Waals surface area contributed by atoms with Crippen molar-refractivity contribution in [1.29, 1.82) is 0 Å². The highest BCUT2D eigenvalue weighted by Gasteiger charge is 2.10. The molecule has 2 aromatic carbocycles. The molecule has 1 heterocycles. The fraction of sp³-hybridized carbons (Fsp3) is 0.100. The van der Waals surface area contributed by atoms with Crippen LogP contribution in [0.25, 0.3) is 0 Å². The molecule has 0 aliphatic rings. The van der Waals surface area contributed by atoms with Crippen LogP contribution in [0, 0.1) is 0 Å². The van der Waals surface area contributed by atoms with Crippen LogP contribution < -0.4 is 10.6 Å². The van der Waals surface area contributed by atoms with E-state index in [-0.39, 0.29) is 5.91 Å². The summed E-state index contributed by atoms with van der Waals surface area (Å²) in [5.41, 5.74) is 2.25. The monoisotopic (exact) mass is 362 g/mol. The molecule has 0 bridgehead atoms. The molecule has 1 aromatic heterocycles. The summed E-state index contributed by atoms with van der Waals surface area (Å²) < 4.78 is 4.67. The predicted molar refractivity (Wildman–Crippen MR) is 102 cm³/mol. The normalized spacial score (nSPS) is 10.1. The zero-order valence-electron chi connectivity index (χ0n) is 14.7. The summed E-state index contributed by atoms with van der Waals surface area (Å²) in [5.74, 6) is -0.405. The van der Waals surface area contributed by atoms with E-state index < -0.39 is 5.97 Å². The van der Waals surface area contributed by atoms with Gasteiger partial charge in [0.1, 0.15) is 0 Å². The molecule has 7 nitrogen and oxygen atoms in total. The minimum absolute atomic E-state index is 0.309. The number of methoxy groups -OCH3 is 1. The van der Waals surface area contributed by atoms with Crippen molar-refractivity contribution in [3.63, 3.8) is 0 Å². The Balaban J connectivity index is 1.61. The Morgan fingerprint density at radius 3 is 2.41 bits per heavy atom. The number of esters is 1. The summed E-state index contributed by atoms with van der Waals surface area (Å²) in [5, 5.41) is 5.81. The van der Waals surface area contributed by atoms with Crippen molar-refractivity contribution in [1.82, 2.24) is 9.97 Å². The van der Waals surface area contributed by atoms with Gasteiger partial charge in [0.25, 0.3) is 5.91 Å². The van der Waals surface area contributed by atoms with Gasteiger partial charge in [-0.1, -0.05) is 36.4 Å². The molecule has 7 heteroatoms. The summed E-state index contributed by atoms with van der Waals surface area (Å²) >= 11 is 0. The number of carbonyl (C=O) groups is 2. The number of benzene rings is 2. The number of carbonyl (C=O) groups excluding carboxylic acids is 2. The van der Waals surface area contributed by atoms with E-state index in [1.165, 1.54) is 19.5 Å². The molecule has 0 aliphatic carbocycles. The lowest BCUT2D eigenvalue weighted by Gasteiger charge is -2.08. The van der Waals surface area contributed by atoms with E-state index in [0.29, 0.717) is 29.3 Å². The molecule has 27 heavy (non-hydrogen) atoms. The maximum absolute atomic E-state index is 12.3. The second kappa shape index (κ2) is 8.57. The Bertz CT molecular complexity index is 927. The second-order valence-electron chi connectivity index (χ2n) is 5.66. The first-order valence-electron chi connectivity index (χ1n) is 8.25. The van der Waals surface area contributed by atoms with Crippen LogP contribution in [0.15, 0.2) is 67.0 Å². The summed E-state index contributed by atoms with van der Waals surface area (Å²) in [6.07, 6.45) is 2.89. The lowest BCUT2D eigenvalue weighted by atomic mass is 10.2. The van der Waals surface area contributed by atoms with Gasteiger partial charge >= 0.3 is 5.97 Å². The fourth-order valence-electron chi connectivity index (χ4n) is 2.36. The van der Waals surface area contributed by atoms with Gasteiger partial charge in [0.2, 0.25) is 5.95 Å². The van der Waals surface area contributed by atoms with E-state index >= 15 is 0 Å². The summed E-state index contributed by atoms with van der Waals surface area (Å²) in [6, 6.07) is 16.4. The number of nitrogens with one attached hydrogen (secondary N) is 2. The van der Waals surface area contributed by atoms with Crippen molar-refractivity contribution in [3.8, 4) is 0 Å². The standard InChI is InChI=1S/C20H18N4O3/c1-27-19(26)15-8-5-9-17(10-15)24-18(25)16-12-22-20(23-13-16)21-11-14-6-3-2-4-7-14/h2-10,12-13H,11H2,1H3,(H,24,25)(H,21,22,23). The highest BCUT2D eigenvalue weighted by molar-refractivity contribution is 6.04. The van der Waals surface area contributed by atoms with Gasteiger partial charge in [-0.25, -0.2) is 14.8 Å². The molecule has 0 fully saturated rings. The average molecular weight is 362 g/mol. The van der Waals surface area contributed by atoms with Crippen LogP contribution >= 0.6 is 0 Å². The van der Waals surface area contributed by atoms with Crippen LogP contribution in [-0.4, -0.2) is 29.0 Å². The van der Waals surface area contributed by atoms with E-state index in [9.17, 15) is 9.59 Å². The SMILES string of the molecule is COC(=O)c1cccc(NC(=O)c2cnc(NCc3ccccc3)nc2)c1. The van der Waals surface area contributed by atoms with Gasteiger partial charge in [-0.3, -0.25) is 4.79 Å². The Hall–Kier alpha value is -3.74. The fourth-order valence-corrected chi connectivity index (χ4v) is 2.36. The molecule has 0 radical (unpaired) electrons. The lowest BCUT2D eigenvalue weighted by Crippen LogP contribution is -2.14. The Kier molecular flexibility index (Phi) is 5.73. The number of anilines is 2. The Morgan fingerprint density at radius 2 is 1.70 bits per heavy atom. The van der Waals surface area contributed by atoms with Crippen LogP contribution in [0.5, 0.6) is 0 Å². The molecule has 0 saturated heterocycles. The third kappa shape index (κ3) is 4.88. The first kappa shape index (κ1) is 18.1. The summed E-state index contributed by atoms with van der Waals surface area (Å²) in [6.45, 7) is 0.590. The smallest absolute Gasteiger partial charge is 0.337 e. The van der Waals surface area contributed by atoms with Crippen molar-refractivity contribution in [2.45, 2.75) is 6.54 Å². The van der Waals surface area contributed by atoms with Gasteiger partial charge in [0, 0.05) is 24.6 Å². The number of nitrogens with zero attached hydrogens (tertiary/aromatic N) is 2. The maximum atomic E-state index is 12.3. The summed E-state index contributed by atoms with van der Waals surface area (Å²) in [7, 11) is 1.30. The van der Waals surface area contributed by atoms with Crippen LogP contribution in [0.3, 0.4) is 0 Å². The minimum Gasteiger partial charge on any atom is -0.465 e. The molecule has 0 unspecified atom stereocenters. The molecule has 3 rings (SSSR count). The van der Waals surface area contributed by atoms with E-state index in [2.05, 4.69) is 25.3 Å². The van der Waals surface area contributed by atoms with Gasteiger partial charge in [0.15, 0.2) is 0 Å². The van der Waals surface area contributed by atoms with E-state index in [0.717, 1.165) is 5.56 Å². The Morgan fingerprint density at radius 1 is 0.963 bits per heavy atom. The largest absolute Gasteiger partial charge is 0.465 e. The molecule has 0 spiro atoms. The Labute approximate surface area is 156 Å². The number of ether oxygens (including phenoxy) is 1. The van der Waals surface area contributed by atoms with Crippen molar-refractivity contribution >= 4 is 23.5 Å². The highest BCUT2D eigenvalue weighted by Crippen LogP contribution is 2.13. The zero-order valence-corrected chi connectivity index (χ0v) is 14.7. The molecular formula is C20H18N4O3. The first-order chi connectivity index (χ1) is 13.2. The lowest BCUT2D eigenvalue weighted by molar-refractivity contribution is 0.0600. The third-order valence-electron chi connectivity index (χ3n) is 3.75. The maximum Gasteiger partial charge on any atom is 0.337 e. The van der Waals surface area contributed by atoms with Crippen LogP contribution in [-0.2, 0) is 11.3 Å². The number of amides is 1. The van der Waals surface area contributed by atoms with Crippen molar-refractivity contribution in [3.05, 3.63) is 83.7 Å². The van der Waals surface area contributed by atoms with E-state index in [1.54, 1.807) is 24.3 Å². The van der Waals surface area contributed by atoms with E-state index in [1.807, 2.05) is 30.3 Å². The molecule has 3 aromatic rings. The van der Waals surface area contributed by atoms with Gasteiger partial charge in [-0.2, -0.15) is 0 Å². The molecule has 136 valence electrons. The average Bonchev–Trinajstić information content (AvgIpc) is 2.73. The third-order valence-corrected chi connectivity index (χ3v) is 3.75. The first-order valence-corrected chi connectivity index (χ1v) is 8.25. The number of aromatic nitrogens is 2. The zero-order chi connectivity index (χ0) is 19.1. The number of hydrogen-bond acceptors (Lipinski definition) is 6. The predicted octanol–water partition coefficient (Wildman–Crippen LogP) is 3.13. The number of rotatable bonds is 6. The van der Waals surface area contributed by atoms with Gasteiger partial charge in [-0.15, -0.1) is 0 Å². The summed E-state index contributed by atoms with van der Waals surface area (Å²) in [4.78, 5) is 32.2. The van der Waals surface area contributed by atoms with Crippen LogP contribution in [0.4, 0.5) is 11.6 Å². The molecule has 2 N–H and O–H groups in total.